The monoisotopic (exact) mass is 382 g/mol. The first-order chi connectivity index (χ1) is 13.5. The number of carbonyl (C=O) groups is 2. The summed E-state index contributed by atoms with van der Waals surface area (Å²) < 4.78 is 24.2. The number of rotatable bonds is 6. The van der Waals surface area contributed by atoms with Crippen LogP contribution in [0.2, 0.25) is 0 Å². The van der Waals surface area contributed by atoms with Crippen molar-refractivity contribution < 1.29 is 23.5 Å². The number of H-pyrrole nitrogens is 1. The molecule has 28 heavy (non-hydrogen) atoms. The molecule has 0 saturated carbocycles. The van der Waals surface area contributed by atoms with Crippen LogP contribution in [0.15, 0.2) is 30.3 Å². The standard InChI is InChI=1S/C21H19FN2O4/c1-4-28-21(26)14-7-10-18-19(20(14)27-3)17(23-24-18)9-6-13-5-8-16(22)15(11-13)12(2)25/h5-11H,4H2,1-3H3,(H,23,24). The summed E-state index contributed by atoms with van der Waals surface area (Å²) in [5.41, 5.74) is 2.19. The molecule has 7 heteroatoms. The summed E-state index contributed by atoms with van der Waals surface area (Å²) in [7, 11) is 1.47. The minimum absolute atomic E-state index is 0.0243. The van der Waals surface area contributed by atoms with Gasteiger partial charge in [0.2, 0.25) is 0 Å². The Morgan fingerprint density at radius 3 is 2.64 bits per heavy atom. The highest BCUT2D eigenvalue weighted by Gasteiger charge is 2.19. The lowest BCUT2D eigenvalue weighted by molar-refractivity contribution is 0.0523. The molecule has 1 heterocycles. The number of Topliss-reactive ketones (excluding diaryl/α,β-unsaturated/α-hetero) is 1. The number of halogens is 1. The maximum atomic E-state index is 13.7. The van der Waals surface area contributed by atoms with Crippen LogP contribution < -0.4 is 4.74 Å². The van der Waals surface area contributed by atoms with E-state index in [1.807, 2.05) is 0 Å². The first-order valence-corrected chi connectivity index (χ1v) is 8.67. The number of ether oxygens (including phenoxy) is 2. The van der Waals surface area contributed by atoms with Gasteiger partial charge in [0, 0.05) is 0 Å². The van der Waals surface area contributed by atoms with Crippen molar-refractivity contribution in [3.05, 3.63) is 58.5 Å². The van der Waals surface area contributed by atoms with Gasteiger partial charge < -0.3 is 9.47 Å². The summed E-state index contributed by atoms with van der Waals surface area (Å²) in [6, 6.07) is 7.63. The molecule has 1 aromatic heterocycles. The van der Waals surface area contributed by atoms with Crippen molar-refractivity contribution in [1.29, 1.82) is 0 Å². The second-order valence-electron chi connectivity index (χ2n) is 6.03. The van der Waals surface area contributed by atoms with Crippen LogP contribution in [0, 0.1) is 5.82 Å². The molecule has 0 radical (unpaired) electrons. The largest absolute Gasteiger partial charge is 0.495 e. The number of aromatic nitrogens is 2. The molecule has 6 nitrogen and oxygen atoms in total. The van der Waals surface area contributed by atoms with Gasteiger partial charge in [-0.25, -0.2) is 9.18 Å². The first-order valence-electron chi connectivity index (χ1n) is 8.67. The molecule has 0 saturated heterocycles. The molecule has 0 bridgehead atoms. The molecule has 2 aromatic carbocycles. The van der Waals surface area contributed by atoms with Crippen molar-refractivity contribution in [2.24, 2.45) is 0 Å². The van der Waals surface area contributed by atoms with E-state index in [-0.39, 0.29) is 18.0 Å². The number of nitrogens with one attached hydrogen (secondary N) is 1. The summed E-state index contributed by atoms with van der Waals surface area (Å²) >= 11 is 0. The van der Waals surface area contributed by atoms with Gasteiger partial charge in [-0.1, -0.05) is 12.1 Å². The van der Waals surface area contributed by atoms with Gasteiger partial charge in [0.1, 0.15) is 17.1 Å². The molecule has 0 atom stereocenters. The number of carbonyl (C=O) groups excluding carboxylic acids is 2. The van der Waals surface area contributed by atoms with E-state index in [9.17, 15) is 14.0 Å². The summed E-state index contributed by atoms with van der Waals surface area (Å²) in [4.78, 5) is 23.7. The number of fused-ring (bicyclic) bond motifs is 1. The van der Waals surface area contributed by atoms with E-state index < -0.39 is 11.8 Å². The Morgan fingerprint density at radius 2 is 1.96 bits per heavy atom. The average Bonchev–Trinajstić information content (AvgIpc) is 3.09. The average molecular weight is 382 g/mol. The lowest BCUT2D eigenvalue weighted by atomic mass is 10.1. The molecule has 0 aliphatic carbocycles. The van der Waals surface area contributed by atoms with Gasteiger partial charge in [-0.2, -0.15) is 5.10 Å². The van der Waals surface area contributed by atoms with E-state index in [2.05, 4.69) is 10.2 Å². The van der Waals surface area contributed by atoms with E-state index in [4.69, 9.17) is 9.47 Å². The highest BCUT2D eigenvalue weighted by molar-refractivity contribution is 6.03. The van der Waals surface area contributed by atoms with Crippen molar-refractivity contribution in [2.45, 2.75) is 13.8 Å². The number of hydrogen-bond donors (Lipinski definition) is 1. The highest BCUT2D eigenvalue weighted by Crippen LogP contribution is 2.32. The van der Waals surface area contributed by atoms with E-state index in [1.165, 1.54) is 26.2 Å². The third kappa shape index (κ3) is 3.64. The molecule has 144 valence electrons. The molecule has 0 amide bonds. The Bertz CT molecular complexity index is 1090. The summed E-state index contributed by atoms with van der Waals surface area (Å²) in [5.74, 6) is -1.04. The fourth-order valence-corrected chi connectivity index (χ4v) is 2.90. The predicted molar refractivity (Wildman–Crippen MR) is 104 cm³/mol. The fraction of sp³-hybridized carbons (Fsp3) is 0.190. The van der Waals surface area contributed by atoms with Crippen LogP contribution in [0.5, 0.6) is 5.75 Å². The predicted octanol–water partition coefficient (Wildman–Crippen LogP) is 4.26. The van der Waals surface area contributed by atoms with Gasteiger partial charge in [0.15, 0.2) is 5.78 Å². The van der Waals surface area contributed by atoms with Gasteiger partial charge in [-0.3, -0.25) is 9.89 Å². The minimum atomic E-state index is -0.560. The Hall–Kier alpha value is -3.48. The molecule has 0 aliphatic heterocycles. The zero-order valence-corrected chi connectivity index (χ0v) is 15.7. The van der Waals surface area contributed by atoms with Crippen molar-refractivity contribution in [3.63, 3.8) is 0 Å². The Morgan fingerprint density at radius 1 is 1.18 bits per heavy atom. The van der Waals surface area contributed by atoms with E-state index >= 15 is 0 Å². The van der Waals surface area contributed by atoms with Crippen molar-refractivity contribution in [2.75, 3.05) is 13.7 Å². The Kier molecular flexibility index (Phi) is 5.54. The second kappa shape index (κ2) is 8.04. The Labute approximate surface area is 161 Å². The number of nitrogens with zero attached hydrogens (tertiary/aromatic N) is 1. The van der Waals surface area contributed by atoms with Crippen LogP contribution in [-0.2, 0) is 4.74 Å². The number of benzene rings is 2. The molecular weight excluding hydrogens is 363 g/mol. The van der Waals surface area contributed by atoms with Gasteiger partial charge in [-0.05, 0) is 49.8 Å². The van der Waals surface area contributed by atoms with E-state index in [1.54, 1.807) is 37.3 Å². The van der Waals surface area contributed by atoms with Crippen molar-refractivity contribution >= 4 is 34.8 Å². The maximum absolute atomic E-state index is 13.7. The number of esters is 1. The van der Waals surface area contributed by atoms with Crippen LogP contribution in [0.4, 0.5) is 4.39 Å². The van der Waals surface area contributed by atoms with Gasteiger partial charge in [0.25, 0.3) is 0 Å². The first kappa shape index (κ1) is 19.3. The molecule has 0 unspecified atom stereocenters. The highest BCUT2D eigenvalue weighted by atomic mass is 19.1. The number of methoxy groups -OCH3 is 1. The fourth-order valence-electron chi connectivity index (χ4n) is 2.90. The molecule has 0 spiro atoms. The van der Waals surface area contributed by atoms with Crippen LogP contribution in [0.25, 0.3) is 23.1 Å². The molecular formula is C21H19FN2O4. The molecule has 1 N–H and O–H groups in total. The molecule has 3 aromatic rings. The topological polar surface area (TPSA) is 81.3 Å². The van der Waals surface area contributed by atoms with Crippen molar-refractivity contribution in [3.8, 4) is 5.75 Å². The van der Waals surface area contributed by atoms with E-state index in [0.717, 1.165) is 0 Å². The van der Waals surface area contributed by atoms with Crippen LogP contribution >= 0.6 is 0 Å². The van der Waals surface area contributed by atoms with Crippen LogP contribution in [-0.4, -0.2) is 35.7 Å². The second-order valence-corrected chi connectivity index (χ2v) is 6.03. The summed E-state index contributed by atoms with van der Waals surface area (Å²) in [6.45, 7) is 3.29. The van der Waals surface area contributed by atoms with Crippen molar-refractivity contribution in [1.82, 2.24) is 10.2 Å². The maximum Gasteiger partial charge on any atom is 0.341 e. The zero-order valence-electron chi connectivity index (χ0n) is 15.7. The third-order valence-corrected chi connectivity index (χ3v) is 4.21. The summed E-state index contributed by atoms with van der Waals surface area (Å²) in [5, 5.41) is 7.77. The van der Waals surface area contributed by atoms with Gasteiger partial charge in [0.05, 0.1) is 35.9 Å². The van der Waals surface area contributed by atoms with Gasteiger partial charge >= 0.3 is 5.97 Å². The lowest BCUT2D eigenvalue weighted by Gasteiger charge is -2.09. The zero-order chi connectivity index (χ0) is 20.3. The van der Waals surface area contributed by atoms with E-state index in [0.29, 0.717) is 33.5 Å². The van der Waals surface area contributed by atoms with Gasteiger partial charge in [-0.15, -0.1) is 0 Å². The number of aromatic amines is 1. The smallest absolute Gasteiger partial charge is 0.341 e. The van der Waals surface area contributed by atoms with Crippen LogP contribution in [0.3, 0.4) is 0 Å². The Balaban J connectivity index is 2.05. The number of hydrogen-bond acceptors (Lipinski definition) is 5. The molecule has 0 fully saturated rings. The normalized spacial score (nSPS) is 11.1. The molecule has 3 rings (SSSR count). The summed E-state index contributed by atoms with van der Waals surface area (Å²) in [6.07, 6.45) is 3.41. The third-order valence-electron chi connectivity index (χ3n) is 4.21. The SMILES string of the molecule is CCOC(=O)c1ccc2[nH]nc(C=Cc3ccc(F)c(C(C)=O)c3)c2c1OC. The van der Waals surface area contributed by atoms with Crippen LogP contribution in [0.1, 0.15) is 45.8 Å². The quantitative estimate of drug-likeness (QED) is 0.509. The molecule has 0 aliphatic rings. The minimum Gasteiger partial charge on any atom is -0.495 e. The lowest BCUT2D eigenvalue weighted by Crippen LogP contribution is -2.07. The number of ketones is 1.